The molecule has 6 heteroatoms. The van der Waals surface area contributed by atoms with E-state index in [1.165, 1.54) is 11.1 Å². The van der Waals surface area contributed by atoms with E-state index < -0.39 is 0 Å². The molecule has 3 aromatic rings. The van der Waals surface area contributed by atoms with Crippen LogP contribution in [0.15, 0.2) is 72.2 Å². The number of anilines is 1. The molecule has 3 rings (SSSR count). The number of nitrogens with zero attached hydrogens (tertiary/aromatic N) is 3. The van der Waals surface area contributed by atoms with E-state index in [-0.39, 0.29) is 24.0 Å². The molecule has 130 valence electrons. The minimum Gasteiger partial charge on any atom is -0.370 e. The van der Waals surface area contributed by atoms with Gasteiger partial charge in [-0.2, -0.15) is 0 Å². The van der Waals surface area contributed by atoms with Gasteiger partial charge in [-0.3, -0.25) is 0 Å². The normalized spacial score (nSPS) is 11.0. The second kappa shape index (κ2) is 9.22. The molecule has 0 aliphatic carbocycles. The number of nitrogens with one attached hydrogen (secondary N) is 1. The Hall–Kier alpha value is -2.35. The fourth-order valence-electron chi connectivity index (χ4n) is 2.42. The predicted molar refractivity (Wildman–Crippen MR) is 113 cm³/mol. The number of imidazole rings is 1. The Labute approximate surface area is 165 Å². The summed E-state index contributed by atoms with van der Waals surface area (Å²) in [6.07, 6.45) is 5.55. The van der Waals surface area contributed by atoms with Crippen molar-refractivity contribution in [3.63, 3.8) is 0 Å². The predicted octanol–water partition coefficient (Wildman–Crippen LogP) is 3.78. The van der Waals surface area contributed by atoms with Crippen molar-refractivity contribution in [2.45, 2.75) is 20.0 Å². The number of aromatic nitrogens is 2. The molecule has 5 nitrogen and oxygen atoms in total. The summed E-state index contributed by atoms with van der Waals surface area (Å²) in [5.74, 6) is 0.416. The van der Waals surface area contributed by atoms with E-state index in [0.29, 0.717) is 12.5 Å². The lowest BCUT2D eigenvalue weighted by molar-refractivity contribution is 0.795. The third-order valence-electron chi connectivity index (χ3n) is 3.67. The van der Waals surface area contributed by atoms with Crippen LogP contribution in [0.25, 0.3) is 0 Å². The van der Waals surface area contributed by atoms with Crippen LogP contribution >= 0.6 is 24.0 Å². The first-order chi connectivity index (χ1) is 11.7. The Morgan fingerprint density at radius 1 is 1.16 bits per heavy atom. The molecule has 0 amide bonds. The largest absolute Gasteiger partial charge is 0.370 e. The van der Waals surface area contributed by atoms with Gasteiger partial charge in [0.25, 0.3) is 0 Å². The van der Waals surface area contributed by atoms with Crippen molar-refractivity contribution in [3.8, 4) is 0 Å². The third kappa shape index (κ3) is 5.90. The highest BCUT2D eigenvalue weighted by Crippen LogP contribution is 2.10. The van der Waals surface area contributed by atoms with E-state index in [9.17, 15) is 0 Å². The zero-order chi connectivity index (χ0) is 16.8. The lowest BCUT2D eigenvalue weighted by Gasteiger charge is -2.07. The SMILES string of the molecule is Cc1ccc(NC(N)=NCc2cccc(Cn3ccnc3)c2)cc1.I. The number of hydrogen-bond acceptors (Lipinski definition) is 2. The second-order valence-electron chi connectivity index (χ2n) is 5.75. The van der Waals surface area contributed by atoms with Crippen LogP contribution < -0.4 is 11.1 Å². The molecule has 2 aromatic carbocycles. The molecule has 0 saturated carbocycles. The maximum absolute atomic E-state index is 5.97. The minimum atomic E-state index is 0. The fraction of sp³-hybridized carbons (Fsp3) is 0.158. The van der Waals surface area contributed by atoms with Crippen LogP contribution in [0.5, 0.6) is 0 Å². The molecule has 0 fully saturated rings. The first-order valence-electron chi connectivity index (χ1n) is 7.86. The van der Waals surface area contributed by atoms with Crippen molar-refractivity contribution in [2.24, 2.45) is 10.7 Å². The smallest absolute Gasteiger partial charge is 0.193 e. The molecule has 0 saturated heterocycles. The lowest BCUT2D eigenvalue weighted by Crippen LogP contribution is -2.22. The number of aryl methyl sites for hydroxylation is 1. The Morgan fingerprint density at radius 2 is 1.92 bits per heavy atom. The van der Waals surface area contributed by atoms with E-state index >= 15 is 0 Å². The van der Waals surface area contributed by atoms with Crippen LogP contribution in [-0.4, -0.2) is 15.5 Å². The molecule has 0 aliphatic heterocycles. The summed E-state index contributed by atoms with van der Waals surface area (Å²) in [5, 5.41) is 3.11. The summed E-state index contributed by atoms with van der Waals surface area (Å²) in [6.45, 7) is 3.40. The van der Waals surface area contributed by atoms with Crippen molar-refractivity contribution < 1.29 is 0 Å². The summed E-state index contributed by atoms with van der Waals surface area (Å²) in [4.78, 5) is 8.48. The summed E-state index contributed by atoms with van der Waals surface area (Å²) in [5.41, 5.74) is 10.5. The zero-order valence-corrected chi connectivity index (χ0v) is 16.4. The van der Waals surface area contributed by atoms with Gasteiger partial charge in [-0.05, 0) is 30.2 Å². The summed E-state index contributed by atoms with van der Waals surface area (Å²) in [7, 11) is 0. The van der Waals surface area contributed by atoms with Crippen LogP contribution in [0.4, 0.5) is 5.69 Å². The lowest BCUT2D eigenvalue weighted by atomic mass is 10.1. The average molecular weight is 447 g/mol. The van der Waals surface area contributed by atoms with E-state index in [1.54, 1.807) is 6.20 Å². The van der Waals surface area contributed by atoms with Gasteiger partial charge in [0.1, 0.15) is 0 Å². The highest BCUT2D eigenvalue weighted by atomic mass is 127. The quantitative estimate of drug-likeness (QED) is 0.356. The topological polar surface area (TPSA) is 68.2 Å². The molecule has 1 aromatic heterocycles. The summed E-state index contributed by atoms with van der Waals surface area (Å²) >= 11 is 0. The highest BCUT2D eigenvalue weighted by Gasteiger charge is 1.99. The fourth-order valence-corrected chi connectivity index (χ4v) is 2.42. The molecule has 1 heterocycles. The Kier molecular flexibility index (Phi) is 7.00. The van der Waals surface area contributed by atoms with E-state index in [1.807, 2.05) is 47.4 Å². The minimum absolute atomic E-state index is 0. The number of nitrogens with two attached hydrogens (primary N) is 1. The van der Waals surface area contributed by atoms with E-state index in [0.717, 1.165) is 17.8 Å². The molecule has 0 radical (unpaired) electrons. The molecule has 0 aliphatic rings. The third-order valence-corrected chi connectivity index (χ3v) is 3.67. The first kappa shape index (κ1) is 19.0. The van der Waals surface area contributed by atoms with E-state index in [4.69, 9.17) is 5.73 Å². The maximum Gasteiger partial charge on any atom is 0.193 e. The van der Waals surface area contributed by atoms with Gasteiger partial charge in [-0.15, -0.1) is 24.0 Å². The van der Waals surface area contributed by atoms with Crippen molar-refractivity contribution in [1.29, 1.82) is 0 Å². The number of benzene rings is 2. The summed E-state index contributed by atoms with van der Waals surface area (Å²) in [6, 6.07) is 16.4. The molecule has 0 spiro atoms. The summed E-state index contributed by atoms with van der Waals surface area (Å²) < 4.78 is 2.04. The van der Waals surface area contributed by atoms with E-state index in [2.05, 4.69) is 40.4 Å². The Bertz CT molecular complexity index is 810. The monoisotopic (exact) mass is 447 g/mol. The maximum atomic E-state index is 5.97. The number of hydrogen-bond donors (Lipinski definition) is 2. The number of guanidine groups is 1. The molecule has 3 N–H and O–H groups in total. The number of halogens is 1. The molecule has 0 unspecified atom stereocenters. The van der Waals surface area contributed by atoms with Crippen LogP contribution in [0.3, 0.4) is 0 Å². The molecule has 25 heavy (non-hydrogen) atoms. The van der Waals surface area contributed by atoms with Crippen LogP contribution in [0.1, 0.15) is 16.7 Å². The molecule has 0 bridgehead atoms. The van der Waals surface area contributed by atoms with Gasteiger partial charge in [0.15, 0.2) is 5.96 Å². The van der Waals surface area contributed by atoms with Gasteiger partial charge >= 0.3 is 0 Å². The van der Waals surface area contributed by atoms with Gasteiger partial charge < -0.3 is 15.6 Å². The van der Waals surface area contributed by atoms with Crippen molar-refractivity contribution in [2.75, 3.05) is 5.32 Å². The number of rotatable bonds is 5. The zero-order valence-electron chi connectivity index (χ0n) is 14.1. The molecule has 0 atom stereocenters. The van der Waals surface area contributed by atoms with Gasteiger partial charge in [-0.1, -0.05) is 42.0 Å². The van der Waals surface area contributed by atoms with Crippen molar-refractivity contribution >= 4 is 35.6 Å². The number of aliphatic imine (C=N–C) groups is 1. The van der Waals surface area contributed by atoms with Crippen molar-refractivity contribution in [3.05, 3.63) is 83.9 Å². The highest BCUT2D eigenvalue weighted by molar-refractivity contribution is 14.0. The van der Waals surface area contributed by atoms with Gasteiger partial charge in [0.2, 0.25) is 0 Å². The van der Waals surface area contributed by atoms with Crippen molar-refractivity contribution in [1.82, 2.24) is 9.55 Å². The first-order valence-corrected chi connectivity index (χ1v) is 7.86. The van der Waals surface area contributed by atoms with Gasteiger partial charge in [0, 0.05) is 24.6 Å². The van der Waals surface area contributed by atoms with Crippen LogP contribution in [0, 0.1) is 6.92 Å². The van der Waals surface area contributed by atoms with Crippen LogP contribution in [0.2, 0.25) is 0 Å². The molecular formula is C19H22IN5. The van der Waals surface area contributed by atoms with Gasteiger partial charge in [0.05, 0.1) is 12.9 Å². The Balaban J connectivity index is 0.00000225. The second-order valence-corrected chi connectivity index (χ2v) is 5.75. The van der Waals surface area contributed by atoms with Crippen LogP contribution in [-0.2, 0) is 13.1 Å². The molecular weight excluding hydrogens is 425 g/mol. The average Bonchev–Trinajstić information content (AvgIpc) is 3.08. The standard InChI is InChI=1S/C19H21N5.HI/c1-15-5-7-18(8-6-15)23-19(20)22-12-16-3-2-4-17(11-16)13-24-10-9-21-14-24;/h2-11,14H,12-13H2,1H3,(H3,20,22,23);1H. The van der Waals surface area contributed by atoms with Gasteiger partial charge in [-0.25, -0.2) is 9.98 Å². The Morgan fingerprint density at radius 3 is 2.64 bits per heavy atom.